The number of aromatic nitrogens is 2. The van der Waals surface area contributed by atoms with Crippen molar-refractivity contribution < 1.29 is 23.9 Å². The van der Waals surface area contributed by atoms with E-state index in [0.29, 0.717) is 19.3 Å². The van der Waals surface area contributed by atoms with Gasteiger partial charge in [0.1, 0.15) is 12.8 Å². The number of hydrogen-bond acceptors (Lipinski definition) is 8. The van der Waals surface area contributed by atoms with E-state index in [4.69, 9.17) is 14.3 Å². The number of hydrogen-bond donors (Lipinski definition) is 1. The summed E-state index contributed by atoms with van der Waals surface area (Å²) in [5.74, 6) is -0.882. The number of carbonyl (C=O) groups is 2. The molecule has 138 valence electrons. The third-order valence-corrected chi connectivity index (χ3v) is 3.67. The Kier molecular flexibility index (Phi) is 6.51. The van der Waals surface area contributed by atoms with Crippen LogP contribution in [0.25, 0.3) is 0 Å². The lowest BCUT2D eigenvalue weighted by Crippen LogP contribution is -2.28. The van der Waals surface area contributed by atoms with E-state index >= 15 is 0 Å². The van der Waals surface area contributed by atoms with Crippen LogP contribution < -0.4 is 11.2 Å². The number of ether oxygens (including phenoxy) is 2. The van der Waals surface area contributed by atoms with Crippen molar-refractivity contribution in [2.24, 2.45) is 5.92 Å². The van der Waals surface area contributed by atoms with Gasteiger partial charge in [0, 0.05) is 18.7 Å². The van der Waals surface area contributed by atoms with Gasteiger partial charge in [-0.3, -0.25) is 9.36 Å². The maximum Gasteiger partial charge on any atom is 0.351 e. The fourth-order valence-corrected chi connectivity index (χ4v) is 2.21. The van der Waals surface area contributed by atoms with Crippen molar-refractivity contribution in [3.05, 3.63) is 22.7 Å². The van der Waals surface area contributed by atoms with Gasteiger partial charge in [0.15, 0.2) is 5.82 Å². The second-order valence-electron chi connectivity index (χ2n) is 6.01. The standard InChI is InChI=1S/C16H23N3O6/c1-4-14(20)23-9-11-5-6-13(24-11)19-8-7-12(17-16(19)22)18-25-15(21)10(2)3/h7-8,10-11,13H,4-6,9H2,1-3H3,(H,17,18,22)/t11-,13+/m0/s1. The first-order chi connectivity index (χ1) is 11.9. The summed E-state index contributed by atoms with van der Waals surface area (Å²) in [6.45, 7) is 5.29. The molecule has 1 aromatic rings. The van der Waals surface area contributed by atoms with Crippen molar-refractivity contribution in [2.75, 3.05) is 12.1 Å². The average molecular weight is 353 g/mol. The highest BCUT2D eigenvalue weighted by Crippen LogP contribution is 2.27. The van der Waals surface area contributed by atoms with E-state index in [9.17, 15) is 14.4 Å². The molecule has 0 saturated carbocycles. The minimum absolute atomic E-state index is 0.140. The van der Waals surface area contributed by atoms with Crippen molar-refractivity contribution in [2.45, 2.75) is 52.4 Å². The van der Waals surface area contributed by atoms with Crippen molar-refractivity contribution in [1.29, 1.82) is 0 Å². The van der Waals surface area contributed by atoms with Gasteiger partial charge in [0.2, 0.25) is 0 Å². The summed E-state index contributed by atoms with van der Waals surface area (Å²) in [6, 6.07) is 1.52. The molecule has 1 saturated heterocycles. The molecule has 0 radical (unpaired) electrons. The highest BCUT2D eigenvalue weighted by molar-refractivity contribution is 5.72. The second-order valence-corrected chi connectivity index (χ2v) is 6.01. The molecule has 9 nitrogen and oxygen atoms in total. The Bertz CT molecular complexity index is 672. The second kappa shape index (κ2) is 8.61. The summed E-state index contributed by atoms with van der Waals surface area (Å²) < 4.78 is 12.1. The fraction of sp³-hybridized carbons (Fsp3) is 0.625. The zero-order valence-electron chi connectivity index (χ0n) is 14.6. The Morgan fingerprint density at radius 3 is 2.84 bits per heavy atom. The highest BCUT2D eigenvalue weighted by atomic mass is 16.7. The van der Waals surface area contributed by atoms with Crippen molar-refractivity contribution in [3.63, 3.8) is 0 Å². The van der Waals surface area contributed by atoms with E-state index in [0.717, 1.165) is 0 Å². The Balaban J connectivity index is 1.92. The van der Waals surface area contributed by atoms with Gasteiger partial charge in [0.25, 0.3) is 0 Å². The van der Waals surface area contributed by atoms with Crippen molar-refractivity contribution >= 4 is 17.8 Å². The fourth-order valence-electron chi connectivity index (χ4n) is 2.21. The molecule has 1 fully saturated rings. The summed E-state index contributed by atoms with van der Waals surface area (Å²) in [5, 5.41) is 0. The number of esters is 1. The van der Waals surface area contributed by atoms with Gasteiger partial charge < -0.3 is 14.3 Å². The average Bonchev–Trinajstić information content (AvgIpc) is 3.06. The van der Waals surface area contributed by atoms with Crippen molar-refractivity contribution in [3.8, 4) is 0 Å². The Hall–Kier alpha value is -2.42. The molecule has 2 heterocycles. The molecule has 1 N–H and O–H groups in total. The SMILES string of the molecule is CCC(=O)OC[C@@H]1CC[C@H](n2ccc(NOC(=O)C(C)C)nc2=O)O1. The van der Waals surface area contributed by atoms with E-state index in [1.807, 2.05) is 0 Å². The number of nitrogens with one attached hydrogen (secondary N) is 1. The van der Waals surface area contributed by atoms with E-state index < -0.39 is 17.9 Å². The molecule has 1 aromatic heterocycles. The monoisotopic (exact) mass is 353 g/mol. The lowest BCUT2D eigenvalue weighted by molar-refractivity contribution is -0.148. The molecule has 0 spiro atoms. The predicted molar refractivity (Wildman–Crippen MR) is 87.4 cm³/mol. The molecule has 0 unspecified atom stereocenters. The topological polar surface area (TPSA) is 109 Å². The quantitative estimate of drug-likeness (QED) is 0.579. The molecule has 25 heavy (non-hydrogen) atoms. The van der Waals surface area contributed by atoms with Gasteiger partial charge in [-0.05, 0) is 12.8 Å². The summed E-state index contributed by atoms with van der Waals surface area (Å²) in [4.78, 5) is 43.3. The minimum Gasteiger partial charge on any atom is -0.463 e. The lowest BCUT2D eigenvalue weighted by Gasteiger charge is -2.16. The zero-order valence-corrected chi connectivity index (χ0v) is 14.6. The first-order valence-electron chi connectivity index (χ1n) is 8.27. The maximum absolute atomic E-state index is 12.1. The predicted octanol–water partition coefficient (Wildman–Crippen LogP) is 1.40. The molecule has 2 atom stereocenters. The lowest BCUT2D eigenvalue weighted by atomic mass is 10.2. The van der Waals surface area contributed by atoms with Crippen LogP contribution in [0.1, 0.15) is 46.3 Å². The Morgan fingerprint density at radius 2 is 2.20 bits per heavy atom. The number of carbonyl (C=O) groups excluding carboxylic acids is 2. The normalized spacial score (nSPS) is 19.7. The Labute approximate surface area is 145 Å². The van der Waals surface area contributed by atoms with Gasteiger partial charge in [-0.1, -0.05) is 20.8 Å². The summed E-state index contributed by atoms with van der Waals surface area (Å²) in [5.41, 5.74) is 1.83. The van der Waals surface area contributed by atoms with Gasteiger partial charge >= 0.3 is 17.6 Å². The van der Waals surface area contributed by atoms with E-state index in [2.05, 4.69) is 10.5 Å². The van der Waals surface area contributed by atoms with Crippen LogP contribution in [-0.2, 0) is 23.9 Å². The Morgan fingerprint density at radius 1 is 1.44 bits per heavy atom. The van der Waals surface area contributed by atoms with E-state index in [1.54, 1.807) is 20.8 Å². The molecule has 9 heteroatoms. The first-order valence-corrected chi connectivity index (χ1v) is 8.27. The summed E-state index contributed by atoms with van der Waals surface area (Å²) in [7, 11) is 0. The number of rotatable bonds is 7. The largest absolute Gasteiger partial charge is 0.463 e. The molecule has 0 aromatic carbocycles. The molecule has 0 bridgehead atoms. The van der Waals surface area contributed by atoms with Crippen LogP contribution in [0.4, 0.5) is 5.82 Å². The summed E-state index contributed by atoms with van der Waals surface area (Å²) in [6.07, 6.45) is 2.43. The smallest absolute Gasteiger partial charge is 0.351 e. The molecule has 0 aliphatic carbocycles. The first kappa shape index (κ1) is 18.9. The van der Waals surface area contributed by atoms with Crippen LogP contribution in [0, 0.1) is 5.92 Å². The molecular formula is C16H23N3O6. The molecule has 1 aliphatic rings. The molecule has 1 aliphatic heterocycles. The maximum atomic E-state index is 12.1. The van der Waals surface area contributed by atoms with E-state index in [-0.39, 0.29) is 30.4 Å². The van der Waals surface area contributed by atoms with Crippen LogP contribution in [0.2, 0.25) is 0 Å². The third-order valence-electron chi connectivity index (χ3n) is 3.67. The van der Waals surface area contributed by atoms with Crippen LogP contribution in [0.3, 0.4) is 0 Å². The van der Waals surface area contributed by atoms with Gasteiger partial charge in [-0.25, -0.2) is 15.1 Å². The minimum atomic E-state index is -0.526. The van der Waals surface area contributed by atoms with Crippen LogP contribution >= 0.6 is 0 Å². The van der Waals surface area contributed by atoms with Crippen LogP contribution in [-0.4, -0.2) is 34.2 Å². The zero-order chi connectivity index (χ0) is 18.4. The van der Waals surface area contributed by atoms with Gasteiger partial charge in [0.05, 0.1) is 12.0 Å². The summed E-state index contributed by atoms with van der Waals surface area (Å²) >= 11 is 0. The number of anilines is 1. The van der Waals surface area contributed by atoms with Crippen LogP contribution in [0.15, 0.2) is 17.1 Å². The third kappa shape index (κ3) is 5.28. The van der Waals surface area contributed by atoms with Crippen LogP contribution in [0.5, 0.6) is 0 Å². The van der Waals surface area contributed by atoms with Gasteiger partial charge in [-0.2, -0.15) is 4.98 Å². The molecule has 2 rings (SSSR count). The number of nitrogens with zero attached hydrogens (tertiary/aromatic N) is 2. The highest BCUT2D eigenvalue weighted by Gasteiger charge is 2.28. The van der Waals surface area contributed by atoms with Gasteiger partial charge in [-0.15, -0.1) is 0 Å². The van der Waals surface area contributed by atoms with E-state index in [1.165, 1.54) is 16.8 Å². The van der Waals surface area contributed by atoms with Crippen molar-refractivity contribution in [1.82, 2.24) is 9.55 Å². The molecule has 0 amide bonds. The molecular weight excluding hydrogens is 330 g/mol.